The van der Waals surface area contributed by atoms with Crippen LogP contribution in [0.25, 0.3) is 45.9 Å². The predicted octanol–water partition coefficient (Wildman–Crippen LogP) is 5.23. The van der Waals surface area contributed by atoms with Gasteiger partial charge in [-0.3, -0.25) is 29.9 Å². The van der Waals surface area contributed by atoms with E-state index in [1.807, 2.05) is 54.7 Å². The first-order valence-corrected chi connectivity index (χ1v) is 10.1. The molecule has 5 aromatic heterocycles. The summed E-state index contributed by atoms with van der Waals surface area (Å²) in [7, 11) is 0. The molecule has 152 valence electrons. The molecule has 6 nitrogen and oxygen atoms in total. The van der Waals surface area contributed by atoms with E-state index in [0.29, 0.717) is 0 Å². The Morgan fingerprint density at radius 1 is 0.469 bits per heavy atom. The van der Waals surface area contributed by atoms with Crippen molar-refractivity contribution in [3.63, 3.8) is 0 Å². The van der Waals surface area contributed by atoms with Gasteiger partial charge in [0.2, 0.25) is 0 Å². The van der Waals surface area contributed by atoms with E-state index in [0.717, 1.165) is 44.9 Å². The summed E-state index contributed by atoms with van der Waals surface area (Å²) in [5.41, 5.74) is 7.39. The van der Waals surface area contributed by atoms with Crippen LogP contribution in [0.3, 0.4) is 0 Å². The summed E-state index contributed by atoms with van der Waals surface area (Å²) in [6.07, 6.45) is 19.9. The van der Waals surface area contributed by atoms with Gasteiger partial charge in [0, 0.05) is 55.1 Å². The van der Waals surface area contributed by atoms with Crippen LogP contribution in [0.1, 0.15) is 11.1 Å². The maximum atomic E-state index is 4.69. The fourth-order valence-corrected chi connectivity index (χ4v) is 3.37. The Hall–Kier alpha value is -4.58. The number of pyridine rings is 4. The highest BCUT2D eigenvalue weighted by atomic mass is 14.8. The molecule has 0 amide bonds. The molecule has 0 aliphatic heterocycles. The van der Waals surface area contributed by atoms with Crippen LogP contribution in [0.5, 0.6) is 0 Å². The minimum absolute atomic E-state index is 0.764. The molecule has 0 bridgehead atoms. The molecule has 0 spiro atoms. The van der Waals surface area contributed by atoms with Crippen molar-refractivity contribution in [2.24, 2.45) is 0 Å². The van der Waals surface area contributed by atoms with Crippen LogP contribution in [0.15, 0.2) is 98.2 Å². The summed E-state index contributed by atoms with van der Waals surface area (Å²) in [5.74, 6) is 0. The van der Waals surface area contributed by atoms with Gasteiger partial charge in [0.05, 0.1) is 23.3 Å². The Morgan fingerprint density at radius 2 is 1.16 bits per heavy atom. The lowest BCUT2D eigenvalue weighted by molar-refractivity contribution is 1.19. The summed E-state index contributed by atoms with van der Waals surface area (Å²) in [5, 5.41) is 0. The first kappa shape index (κ1) is 19.4. The largest absolute Gasteiger partial charge is 0.265 e. The molecule has 0 aliphatic carbocycles. The second-order valence-electron chi connectivity index (χ2n) is 7.03. The Kier molecular flexibility index (Phi) is 5.49. The first-order valence-electron chi connectivity index (χ1n) is 10.1. The molecule has 0 fully saturated rings. The third kappa shape index (κ3) is 4.29. The van der Waals surface area contributed by atoms with Crippen molar-refractivity contribution in [1.29, 1.82) is 0 Å². The van der Waals surface area contributed by atoms with E-state index in [9.17, 15) is 0 Å². The highest BCUT2D eigenvalue weighted by Gasteiger charge is 2.13. The standard InChI is InChI=1S/C26H18N6/c1(19-3-8-27-9-4-19)2-20-5-12-30-24(15-20)25-16-22(21-6-10-28-11-7-21)23(17-32-25)26-18-29-13-14-31-26/h1-18H/b2-1+. The van der Waals surface area contributed by atoms with Gasteiger partial charge >= 0.3 is 0 Å². The van der Waals surface area contributed by atoms with Crippen LogP contribution >= 0.6 is 0 Å². The zero-order valence-electron chi connectivity index (χ0n) is 17.1. The van der Waals surface area contributed by atoms with Crippen LogP contribution < -0.4 is 0 Å². The quantitative estimate of drug-likeness (QED) is 0.392. The van der Waals surface area contributed by atoms with Gasteiger partial charge in [-0.15, -0.1) is 0 Å². The Bertz CT molecular complexity index is 1350. The maximum Gasteiger partial charge on any atom is 0.0906 e. The minimum atomic E-state index is 0.764. The summed E-state index contributed by atoms with van der Waals surface area (Å²) < 4.78 is 0. The molecule has 32 heavy (non-hydrogen) atoms. The SMILES string of the molecule is C(=C\c1ccnc(-c2cc(-c3ccncc3)c(-c3cnccn3)cn2)c1)/c1ccncc1. The Balaban J connectivity index is 1.55. The van der Waals surface area contributed by atoms with Gasteiger partial charge in [0.1, 0.15) is 0 Å². The number of hydrogen-bond donors (Lipinski definition) is 0. The minimum Gasteiger partial charge on any atom is -0.265 e. The van der Waals surface area contributed by atoms with Crippen LogP contribution in [0.4, 0.5) is 0 Å². The summed E-state index contributed by atoms with van der Waals surface area (Å²) in [6.45, 7) is 0. The molecule has 0 aromatic carbocycles. The number of nitrogens with zero attached hydrogens (tertiary/aromatic N) is 6. The fraction of sp³-hybridized carbons (Fsp3) is 0. The summed E-state index contributed by atoms with van der Waals surface area (Å²) >= 11 is 0. The van der Waals surface area contributed by atoms with Crippen molar-refractivity contribution in [2.75, 3.05) is 0 Å². The third-order valence-electron chi connectivity index (χ3n) is 4.96. The van der Waals surface area contributed by atoms with E-state index in [2.05, 4.69) is 31.0 Å². The smallest absolute Gasteiger partial charge is 0.0906 e. The number of aromatic nitrogens is 6. The molecule has 0 N–H and O–H groups in total. The van der Waals surface area contributed by atoms with E-state index in [4.69, 9.17) is 4.98 Å². The van der Waals surface area contributed by atoms with Crippen molar-refractivity contribution in [3.8, 4) is 33.8 Å². The van der Waals surface area contributed by atoms with Gasteiger partial charge in [-0.2, -0.15) is 0 Å². The fourth-order valence-electron chi connectivity index (χ4n) is 3.37. The van der Waals surface area contributed by atoms with Crippen LogP contribution in [-0.2, 0) is 0 Å². The molecule has 5 heterocycles. The van der Waals surface area contributed by atoms with Gasteiger partial charge in [0.15, 0.2) is 0 Å². The lowest BCUT2D eigenvalue weighted by Gasteiger charge is -2.11. The lowest BCUT2D eigenvalue weighted by atomic mass is 9.99. The van der Waals surface area contributed by atoms with E-state index >= 15 is 0 Å². The highest BCUT2D eigenvalue weighted by molar-refractivity contribution is 5.83. The molecular weight excluding hydrogens is 396 g/mol. The predicted molar refractivity (Wildman–Crippen MR) is 125 cm³/mol. The monoisotopic (exact) mass is 414 g/mol. The molecule has 0 saturated carbocycles. The molecule has 0 atom stereocenters. The van der Waals surface area contributed by atoms with Crippen LogP contribution in [0.2, 0.25) is 0 Å². The average molecular weight is 414 g/mol. The molecular formula is C26H18N6. The molecule has 0 unspecified atom stereocenters. The van der Waals surface area contributed by atoms with Gasteiger partial charge < -0.3 is 0 Å². The van der Waals surface area contributed by atoms with Gasteiger partial charge in [-0.05, 0) is 64.7 Å². The average Bonchev–Trinajstić information content (AvgIpc) is 2.89. The molecule has 5 rings (SSSR count). The van der Waals surface area contributed by atoms with E-state index < -0.39 is 0 Å². The molecule has 5 aromatic rings. The summed E-state index contributed by atoms with van der Waals surface area (Å²) in [4.78, 5) is 26.1. The van der Waals surface area contributed by atoms with Crippen molar-refractivity contribution < 1.29 is 0 Å². The van der Waals surface area contributed by atoms with Crippen molar-refractivity contribution >= 4 is 12.2 Å². The summed E-state index contributed by atoms with van der Waals surface area (Å²) in [6, 6.07) is 13.9. The zero-order chi connectivity index (χ0) is 21.6. The van der Waals surface area contributed by atoms with E-state index in [1.165, 1.54) is 0 Å². The molecule has 0 aliphatic rings. The van der Waals surface area contributed by atoms with E-state index in [-0.39, 0.29) is 0 Å². The van der Waals surface area contributed by atoms with Crippen LogP contribution in [-0.4, -0.2) is 29.9 Å². The highest BCUT2D eigenvalue weighted by Crippen LogP contribution is 2.32. The topological polar surface area (TPSA) is 77.3 Å². The Morgan fingerprint density at radius 3 is 1.94 bits per heavy atom. The molecule has 6 heteroatoms. The molecule has 0 radical (unpaired) electrons. The number of hydrogen-bond acceptors (Lipinski definition) is 6. The lowest BCUT2D eigenvalue weighted by Crippen LogP contribution is -1.94. The zero-order valence-corrected chi connectivity index (χ0v) is 17.1. The van der Waals surface area contributed by atoms with Crippen molar-refractivity contribution in [1.82, 2.24) is 29.9 Å². The second kappa shape index (κ2) is 9.06. The first-order chi connectivity index (χ1) is 15.9. The second-order valence-corrected chi connectivity index (χ2v) is 7.03. The van der Waals surface area contributed by atoms with E-state index in [1.54, 1.807) is 49.6 Å². The third-order valence-corrected chi connectivity index (χ3v) is 4.96. The van der Waals surface area contributed by atoms with Gasteiger partial charge in [-0.25, -0.2) is 0 Å². The Labute approximate surface area is 185 Å². The maximum absolute atomic E-state index is 4.69. The number of rotatable bonds is 5. The van der Waals surface area contributed by atoms with Gasteiger partial charge in [-0.1, -0.05) is 12.2 Å². The van der Waals surface area contributed by atoms with Crippen LogP contribution in [0, 0.1) is 0 Å². The normalized spacial score (nSPS) is 11.0. The van der Waals surface area contributed by atoms with Gasteiger partial charge in [0.25, 0.3) is 0 Å². The molecule has 0 saturated heterocycles. The van der Waals surface area contributed by atoms with Crippen molar-refractivity contribution in [3.05, 3.63) is 109 Å². The van der Waals surface area contributed by atoms with Crippen molar-refractivity contribution in [2.45, 2.75) is 0 Å².